The minimum atomic E-state index is 0.536. The van der Waals surface area contributed by atoms with Crippen LogP contribution in [0.1, 0.15) is 124 Å². The molecular weight excluding hydrogens is 468 g/mol. The summed E-state index contributed by atoms with van der Waals surface area (Å²) in [6, 6.07) is 1.08. The molecule has 3 saturated heterocycles. The number of piperidine rings is 1. The van der Waals surface area contributed by atoms with Crippen molar-refractivity contribution in [2.45, 2.75) is 136 Å². The minimum Gasteiger partial charge on any atom is -0.330 e. The zero-order chi connectivity index (χ0) is 27.8. The number of nitrogens with one attached hydrogen (secondary N) is 3. The molecule has 3 aliphatic carbocycles. The Bertz CT molecular complexity index is 423. The van der Waals surface area contributed by atoms with Crippen LogP contribution in [0.3, 0.4) is 0 Å². The van der Waals surface area contributed by atoms with E-state index in [1.807, 2.05) is 0 Å². The fourth-order valence-corrected chi connectivity index (χ4v) is 5.22. The van der Waals surface area contributed by atoms with Gasteiger partial charge in [0.15, 0.2) is 0 Å². The van der Waals surface area contributed by atoms with Gasteiger partial charge in [-0.3, -0.25) is 0 Å². The largest absolute Gasteiger partial charge is 0.330 e. The van der Waals surface area contributed by atoms with E-state index in [4.69, 9.17) is 17.2 Å². The summed E-state index contributed by atoms with van der Waals surface area (Å²) in [6.45, 7) is 15.2. The van der Waals surface area contributed by atoms with Gasteiger partial charge in [-0.2, -0.15) is 0 Å². The second-order valence-corrected chi connectivity index (χ2v) is 12.9. The molecule has 6 nitrogen and oxygen atoms in total. The second kappa shape index (κ2) is 24.5. The van der Waals surface area contributed by atoms with Crippen molar-refractivity contribution in [3.63, 3.8) is 0 Å². The van der Waals surface area contributed by atoms with E-state index in [9.17, 15) is 0 Å². The van der Waals surface area contributed by atoms with E-state index in [0.29, 0.717) is 12.1 Å². The molecule has 0 radical (unpaired) electrons. The third kappa shape index (κ3) is 20.6. The van der Waals surface area contributed by atoms with Crippen molar-refractivity contribution in [2.24, 2.45) is 40.9 Å². The second-order valence-electron chi connectivity index (χ2n) is 12.9. The summed E-state index contributed by atoms with van der Waals surface area (Å²) in [5, 5.41) is 9.80. The van der Waals surface area contributed by atoms with Crippen LogP contribution in [-0.2, 0) is 0 Å². The quantitative estimate of drug-likeness (QED) is 0.290. The third-order valence-electron chi connectivity index (χ3n) is 8.99. The van der Waals surface area contributed by atoms with E-state index in [-0.39, 0.29) is 0 Å². The maximum absolute atomic E-state index is 5.63. The lowest BCUT2D eigenvalue weighted by Gasteiger charge is -2.25. The number of nitrogens with two attached hydrogens (primary N) is 3. The Kier molecular flexibility index (Phi) is 23.1. The van der Waals surface area contributed by atoms with Crippen molar-refractivity contribution in [1.29, 1.82) is 0 Å². The molecular formula is C32H70N6. The molecule has 0 spiro atoms. The molecule has 6 aliphatic rings. The summed E-state index contributed by atoms with van der Waals surface area (Å²) < 4.78 is 0. The molecule has 38 heavy (non-hydrogen) atoms. The molecule has 6 rings (SSSR count). The molecule has 3 aliphatic heterocycles. The van der Waals surface area contributed by atoms with Crippen LogP contribution >= 0.6 is 0 Å². The zero-order valence-electron chi connectivity index (χ0n) is 26.0. The van der Waals surface area contributed by atoms with E-state index in [1.165, 1.54) is 142 Å². The topological polar surface area (TPSA) is 114 Å². The lowest BCUT2D eigenvalue weighted by atomic mass is 9.86. The molecule has 0 aromatic carbocycles. The van der Waals surface area contributed by atoms with Crippen LogP contribution in [0.15, 0.2) is 0 Å². The first-order valence-electron chi connectivity index (χ1n) is 16.8. The first-order chi connectivity index (χ1) is 18.4. The van der Waals surface area contributed by atoms with Crippen molar-refractivity contribution in [1.82, 2.24) is 16.0 Å². The molecule has 3 saturated carbocycles. The molecule has 6 fully saturated rings. The highest BCUT2D eigenvalue weighted by atomic mass is 14.9. The predicted molar refractivity (Wildman–Crippen MR) is 168 cm³/mol. The van der Waals surface area contributed by atoms with Crippen molar-refractivity contribution in [3.05, 3.63) is 0 Å². The van der Waals surface area contributed by atoms with Gasteiger partial charge in [0.1, 0.15) is 0 Å². The van der Waals surface area contributed by atoms with Gasteiger partial charge in [0.2, 0.25) is 0 Å². The van der Waals surface area contributed by atoms with Gasteiger partial charge in [-0.05, 0) is 127 Å². The smallest absolute Gasteiger partial charge is 0.00388 e. The van der Waals surface area contributed by atoms with Gasteiger partial charge in [-0.25, -0.2) is 0 Å². The Hall–Kier alpha value is -0.240. The minimum absolute atomic E-state index is 0.536. The summed E-state index contributed by atoms with van der Waals surface area (Å²) in [5.74, 6) is 3.81. The van der Waals surface area contributed by atoms with Crippen LogP contribution in [-0.4, -0.2) is 57.9 Å². The van der Waals surface area contributed by atoms with Crippen molar-refractivity contribution in [3.8, 4) is 0 Å². The van der Waals surface area contributed by atoms with E-state index in [0.717, 1.165) is 30.2 Å². The average molecular weight is 539 g/mol. The molecule has 0 aromatic heterocycles. The van der Waals surface area contributed by atoms with E-state index in [1.54, 1.807) is 0 Å². The summed E-state index contributed by atoms with van der Waals surface area (Å²) in [5.41, 5.74) is 16.5. The van der Waals surface area contributed by atoms with Gasteiger partial charge in [0.05, 0.1) is 0 Å². The Labute approximate surface area is 238 Å². The van der Waals surface area contributed by atoms with Gasteiger partial charge in [-0.1, -0.05) is 65.7 Å². The molecule has 228 valence electrons. The van der Waals surface area contributed by atoms with Crippen LogP contribution in [0, 0.1) is 23.7 Å². The molecule has 0 amide bonds. The molecule has 0 aromatic rings. The lowest BCUT2D eigenvalue weighted by Crippen LogP contribution is -2.41. The number of hydrogen-bond donors (Lipinski definition) is 6. The SMILES string of the molecule is CC1CCNC1.CC1CCNCC1.CCC1CNC1.NC1CCCC1.NC1CCCCC1.NCC1CCC1. The first-order valence-corrected chi connectivity index (χ1v) is 16.8. The average Bonchev–Trinajstić information content (AvgIpc) is 3.54. The number of rotatable bonds is 2. The van der Waals surface area contributed by atoms with Gasteiger partial charge in [-0.15, -0.1) is 0 Å². The Balaban J connectivity index is 0.000000228. The fraction of sp³-hybridized carbons (Fsp3) is 1.00. The Morgan fingerprint density at radius 1 is 0.526 bits per heavy atom. The van der Waals surface area contributed by atoms with Crippen molar-refractivity contribution >= 4 is 0 Å². The van der Waals surface area contributed by atoms with Crippen LogP contribution < -0.4 is 33.2 Å². The van der Waals surface area contributed by atoms with E-state index in [2.05, 4.69) is 36.7 Å². The third-order valence-corrected chi connectivity index (χ3v) is 8.99. The van der Waals surface area contributed by atoms with Gasteiger partial charge >= 0.3 is 0 Å². The van der Waals surface area contributed by atoms with Gasteiger partial charge < -0.3 is 33.2 Å². The van der Waals surface area contributed by atoms with E-state index >= 15 is 0 Å². The Morgan fingerprint density at radius 2 is 1.03 bits per heavy atom. The standard InChI is InChI=1S/2C6H13N.4C5H11N/c1-6-2-4-7-5-3-6;7-6-4-2-1-3-5-6;1-5-2-3-6-4-5;1-2-5-3-6-4-5;6-4-5-2-1-3-5;6-5-3-1-2-4-5/h6-7H,2-5H2,1H3;6H,1-5,7H2;2*5-6H,2-4H2,1H3;2*5H,1-4,6H2. The van der Waals surface area contributed by atoms with E-state index < -0.39 is 0 Å². The predicted octanol–water partition coefficient (Wildman–Crippen LogP) is 5.15. The molecule has 1 atom stereocenters. The van der Waals surface area contributed by atoms with Crippen LogP contribution in [0.25, 0.3) is 0 Å². The van der Waals surface area contributed by atoms with Gasteiger partial charge in [0, 0.05) is 12.1 Å². The summed E-state index contributed by atoms with van der Waals surface area (Å²) in [7, 11) is 0. The maximum Gasteiger partial charge on any atom is 0.00388 e. The summed E-state index contributed by atoms with van der Waals surface area (Å²) >= 11 is 0. The monoisotopic (exact) mass is 539 g/mol. The molecule has 9 N–H and O–H groups in total. The van der Waals surface area contributed by atoms with Crippen LogP contribution in [0.4, 0.5) is 0 Å². The highest BCUT2D eigenvalue weighted by Crippen LogP contribution is 2.24. The van der Waals surface area contributed by atoms with Gasteiger partial charge in [0.25, 0.3) is 0 Å². The maximum atomic E-state index is 5.63. The Morgan fingerprint density at radius 3 is 1.18 bits per heavy atom. The molecule has 1 unspecified atom stereocenters. The summed E-state index contributed by atoms with van der Waals surface area (Å²) in [6.07, 6.45) is 21.6. The molecule has 3 heterocycles. The van der Waals surface area contributed by atoms with Crippen LogP contribution in [0.2, 0.25) is 0 Å². The zero-order valence-corrected chi connectivity index (χ0v) is 26.0. The highest BCUT2D eigenvalue weighted by molar-refractivity contribution is 4.72. The normalized spacial score (nSPS) is 26.2. The first kappa shape index (κ1) is 35.8. The number of hydrogen-bond acceptors (Lipinski definition) is 6. The van der Waals surface area contributed by atoms with Crippen molar-refractivity contribution in [2.75, 3.05) is 45.8 Å². The van der Waals surface area contributed by atoms with Crippen LogP contribution in [0.5, 0.6) is 0 Å². The van der Waals surface area contributed by atoms with Crippen molar-refractivity contribution < 1.29 is 0 Å². The molecule has 6 heteroatoms. The fourth-order valence-electron chi connectivity index (χ4n) is 5.22. The molecule has 0 bridgehead atoms. The summed E-state index contributed by atoms with van der Waals surface area (Å²) in [4.78, 5) is 0. The highest BCUT2D eigenvalue weighted by Gasteiger charge is 2.14. The lowest BCUT2D eigenvalue weighted by molar-refractivity contribution is 0.325.